The Labute approximate surface area is 157 Å². The van der Waals surface area contributed by atoms with Gasteiger partial charge >= 0.3 is 0 Å². The first kappa shape index (κ1) is 17.3. The van der Waals surface area contributed by atoms with Gasteiger partial charge in [0.1, 0.15) is 11.5 Å². The molecule has 0 unspecified atom stereocenters. The minimum absolute atomic E-state index is 0.116. The summed E-state index contributed by atoms with van der Waals surface area (Å²) in [6.07, 6.45) is 2.81. The number of halogens is 1. The first-order chi connectivity index (χ1) is 13.1. The summed E-state index contributed by atoms with van der Waals surface area (Å²) in [6.45, 7) is 7.72. The number of hydrogen-bond donors (Lipinski definition) is 2. The molecule has 2 atom stereocenters. The maximum atomic E-state index is 13.1. The Balaban J connectivity index is 1.47. The molecule has 0 spiro atoms. The van der Waals surface area contributed by atoms with E-state index in [4.69, 9.17) is 6.57 Å². The number of aromatic amines is 1. The van der Waals surface area contributed by atoms with E-state index in [1.54, 1.807) is 12.1 Å². The van der Waals surface area contributed by atoms with Crippen molar-refractivity contribution in [1.29, 1.82) is 0 Å². The molecular weight excluding hydrogens is 341 g/mol. The molecule has 4 nitrogen and oxygen atoms in total. The van der Waals surface area contributed by atoms with Crippen LogP contribution in [0.1, 0.15) is 29.8 Å². The van der Waals surface area contributed by atoms with E-state index < -0.39 is 0 Å². The lowest BCUT2D eigenvalue weighted by atomic mass is 10.0. The highest BCUT2D eigenvalue weighted by atomic mass is 19.1. The molecule has 2 aromatic carbocycles. The van der Waals surface area contributed by atoms with Crippen molar-refractivity contribution < 1.29 is 9.18 Å². The van der Waals surface area contributed by atoms with Crippen LogP contribution in [0.2, 0.25) is 0 Å². The number of carbonyl (C=O) groups is 1. The van der Waals surface area contributed by atoms with Crippen LogP contribution in [0, 0.1) is 18.3 Å². The van der Waals surface area contributed by atoms with Gasteiger partial charge in [0.2, 0.25) is 6.04 Å². The highest BCUT2D eigenvalue weighted by molar-refractivity contribution is 5.98. The highest BCUT2D eigenvalue weighted by Crippen LogP contribution is 2.28. The Morgan fingerprint density at radius 1 is 1.15 bits per heavy atom. The number of amides is 1. The summed E-state index contributed by atoms with van der Waals surface area (Å²) in [7, 11) is 0. The number of fused-ring (bicyclic) bond motifs is 1. The molecule has 1 heterocycles. The van der Waals surface area contributed by atoms with E-state index in [0.717, 1.165) is 41.3 Å². The number of rotatable bonds is 4. The van der Waals surface area contributed by atoms with Gasteiger partial charge in [0.25, 0.3) is 5.91 Å². The zero-order valence-corrected chi connectivity index (χ0v) is 14.8. The molecular formula is C22H20FN3O. The lowest BCUT2D eigenvalue weighted by Gasteiger charge is -2.09. The molecule has 0 radical (unpaired) electrons. The van der Waals surface area contributed by atoms with Crippen molar-refractivity contribution in [3.63, 3.8) is 0 Å². The molecule has 1 aromatic heterocycles. The third kappa shape index (κ3) is 3.70. The Bertz CT molecular complexity index is 1020. The molecule has 136 valence electrons. The lowest BCUT2D eigenvalue weighted by Crippen LogP contribution is -2.28. The van der Waals surface area contributed by atoms with E-state index in [9.17, 15) is 9.18 Å². The first-order valence-electron chi connectivity index (χ1n) is 9.16. The van der Waals surface area contributed by atoms with Gasteiger partial charge in [-0.15, -0.1) is 0 Å². The fraction of sp³-hybridized carbons (Fsp3) is 0.273. The van der Waals surface area contributed by atoms with E-state index in [1.807, 2.05) is 24.3 Å². The molecule has 0 aliphatic heterocycles. The molecule has 1 fully saturated rings. The lowest BCUT2D eigenvalue weighted by molar-refractivity contribution is 0.0943. The Kier molecular flexibility index (Phi) is 4.64. The number of benzene rings is 2. The van der Waals surface area contributed by atoms with E-state index in [-0.39, 0.29) is 17.8 Å². The number of H-pyrrole nitrogens is 1. The topological polar surface area (TPSA) is 49.2 Å². The summed E-state index contributed by atoms with van der Waals surface area (Å²) in [5.74, 6) is 0.00643. The van der Waals surface area contributed by atoms with Gasteiger partial charge < -0.3 is 15.1 Å². The number of nitrogens with zero attached hydrogens (tertiary/aromatic N) is 1. The Morgan fingerprint density at radius 3 is 2.67 bits per heavy atom. The van der Waals surface area contributed by atoms with Gasteiger partial charge in [0, 0.05) is 30.3 Å². The fourth-order valence-corrected chi connectivity index (χ4v) is 3.75. The second-order valence-corrected chi connectivity index (χ2v) is 7.16. The van der Waals surface area contributed by atoms with E-state index in [0.29, 0.717) is 18.2 Å². The molecule has 0 saturated heterocycles. The SMILES string of the molecule is [C-]#[N+][C@@H]1CC[C@@H](CNC(=O)c2cc3ccc(-c4ccc(F)cc4)cc3[nH]2)C1. The van der Waals surface area contributed by atoms with Crippen molar-refractivity contribution in [2.45, 2.75) is 25.3 Å². The standard InChI is InChI=1S/C22H20FN3O/c1-24-19-9-2-14(10-19)13-25-22(27)21-12-17-4-3-16(11-20(17)26-21)15-5-7-18(23)8-6-15/h3-8,11-12,14,19,26H,2,9-10,13H2,(H,25,27)/t14-,19-/m1/s1. The second kappa shape index (κ2) is 7.24. The van der Waals surface area contributed by atoms with Crippen molar-refractivity contribution in [3.05, 3.63) is 71.5 Å². The fourth-order valence-electron chi connectivity index (χ4n) is 3.75. The van der Waals surface area contributed by atoms with Crippen LogP contribution in [0.15, 0.2) is 48.5 Å². The molecule has 1 aliphatic rings. The molecule has 0 bridgehead atoms. The van der Waals surface area contributed by atoms with Crippen molar-refractivity contribution in [2.24, 2.45) is 5.92 Å². The van der Waals surface area contributed by atoms with Crippen molar-refractivity contribution >= 4 is 16.8 Å². The largest absolute Gasteiger partial charge is 0.351 e. The maximum Gasteiger partial charge on any atom is 0.267 e. The first-order valence-corrected chi connectivity index (χ1v) is 9.16. The monoisotopic (exact) mass is 361 g/mol. The smallest absolute Gasteiger partial charge is 0.267 e. The molecule has 1 aliphatic carbocycles. The Morgan fingerprint density at radius 2 is 1.93 bits per heavy atom. The van der Waals surface area contributed by atoms with Crippen LogP contribution >= 0.6 is 0 Å². The molecule has 27 heavy (non-hydrogen) atoms. The molecule has 3 aromatic rings. The zero-order valence-electron chi connectivity index (χ0n) is 14.8. The predicted octanol–water partition coefficient (Wildman–Crippen LogP) is 4.79. The van der Waals surface area contributed by atoms with Crippen LogP contribution in [0.3, 0.4) is 0 Å². The quantitative estimate of drug-likeness (QED) is 0.645. The van der Waals surface area contributed by atoms with Gasteiger partial charge in [-0.2, -0.15) is 0 Å². The van der Waals surface area contributed by atoms with Crippen LogP contribution in [0.5, 0.6) is 0 Å². The minimum Gasteiger partial charge on any atom is -0.351 e. The summed E-state index contributed by atoms with van der Waals surface area (Å²) < 4.78 is 13.1. The third-order valence-electron chi connectivity index (χ3n) is 5.29. The molecule has 5 heteroatoms. The van der Waals surface area contributed by atoms with Crippen LogP contribution < -0.4 is 5.32 Å². The van der Waals surface area contributed by atoms with Crippen molar-refractivity contribution in [2.75, 3.05) is 6.54 Å². The number of carbonyl (C=O) groups excluding carboxylic acids is 1. The van der Waals surface area contributed by atoms with Gasteiger partial charge in [0.15, 0.2) is 0 Å². The number of nitrogens with one attached hydrogen (secondary N) is 2. The van der Waals surface area contributed by atoms with Gasteiger partial charge in [0.05, 0.1) is 0 Å². The summed E-state index contributed by atoms with van der Waals surface area (Å²) in [5.41, 5.74) is 3.29. The highest BCUT2D eigenvalue weighted by Gasteiger charge is 2.28. The van der Waals surface area contributed by atoms with E-state index >= 15 is 0 Å². The third-order valence-corrected chi connectivity index (χ3v) is 5.29. The van der Waals surface area contributed by atoms with Gasteiger partial charge in [-0.1, -0.05) is 24.3 Å². The number of hydrogen-bond acceptors (Lipinski definition) is 1. The predicted molar refractivity (Wildman–Crippen MR) is 104 cm³/mol. The summed E-state index contributed by atoms with van der Waals surface area (Å²) in [6, 6.07) is 14.2. The van der Waals surface area contributed by atoms with Crippen LogP contribution in [0.4, 0.5) is 4.39 Å². The van der Waals surface area contributed by atoms with Gasteiger partial charge in [-0.05, 0) is 47.7 Å². The molecule has 1 amide bonds. The Hall–Kier alpha value is -3.13. The van der Waals surface area contributed by atoms with Crippen LogP contribution in [-0.4, -0.2) is 23.5 Å². The van der Waals surface area contributed by atoms with Crippen molar-refractivity contribution in [3.8, 4) is 11.1 Å². The summed E-state index contributed by atoms with van der Waals surface area (Å²) >= 11 is 0. The van der Waals surface area contributed by atoms with Crippen LogP contribution in [-0.2, 0) is 0 Å². The summed E-state index contributed by atoms with van der Waals surface area (Å²) in [5, 5.41) is 3.94. The molecule has 4 rings (SSSR count). The number of aromatic nitrogens is 1. The maximum absolute atomic E-state index is 13.1. The second-order valence-electron chi connectivity index (χ2n) is 7.16. The average molecular weight is 361 g/mol. The zero-order chi connectivity index (χ0) is 18.8. The van der Waals surface area contributed by atoms with Gasteiger partial charge in [-0.25, -0.2) is 11.0 Å². The molecule has 2 N–H and O–H groups in total. The molecule has 1 saturated carbocycles. The van der Waals surface area contributed by atoms with Gasteiger partial charge in [-0.3, -0.25) is 4.79 Å². The minimum atomic E-state index is -0.261. The summed E-state index contributed by atoms with van der Waals surface area (Å²) in [4.78, 5) is 19.2. The van der Waals surface area contributed by atoms with E-state index in [1.165, 1.54) is 12.1 Å². The average Bonchev–Trinajstić information content (AvgIpc) is 3.32. The van der Waals surface area contributed by atoms with Crippen LogP contribution in [0.25, 0.3) is 26.9 Å². The van der Waals surface area contributed by atoms with E-state index in [2.05, 4.69) is 15.1 Å². The van der Waals surface area contributed by atoms with Crippen molar-refractivity contribution in [1.82, 2.24) is 10.3 Å². The normalized spacial score (nSPS) is 19.1.